The average Bonchev–Trinajstić information content (AvgIpc) is 3.17. The number of hydrogen-bond donors (Lipinski definition) is 0. The summed E-state index contributed by atoms with van der Waals surface area (Å²) in [5.41, 5.74) is 2.61. The van der Waals surface area contributed by atoms with Crippen molar-refractivity contribution >= 4 is 15.7 Å². The maximum atomic E-state index is 13.5. The summed E-state index contributed by atoms with van der Waals surface area (Å²) in [4.78, 5) is 15.6. The van der Waals surface area contributed by atoms with E-state index >= 15 is 0 Å². The van der Waals surface area contributed by atoms with Gasteiger partial charge < -0.3 is 9.64 Å². The molecule has 1 aromatic heterocycles. The first-order valence-corrected chi connectivity index (χ1v) is 13.6. The van der Waals surface area contributed by atoms with E-state index in [-0.39, 0.29) is 23.1 Å². The van der Waals surface area contributed by atoms with Crippen LogP contribution in [0.5, 0.6) is 0 Å². The summed E-state index contributed by atoms with van der Waals surface area (Å²) in [7, 11) is -3.54. The first kappa shape index (κ1) is 22.6. The lowest BCUT2D eigenvalue weighted by molar-refractivity contribution is 0.0297. The molecular formula is C25H33N3O4S. The van der Waals surface area contributed by atoms with E-state index in [1.54, 1.807) is 17.0 Å². The van der Waals surface area contributed by atoms with Crippen LogP contribution in [0.4, 0.5) is 0 Å². The van der Waals surface area contributed by atoms with Crippen molar-refractivity contribution in [3.8, 4) is 11.3 Å². The third-order valence-corrected chi connectivity index (χ3v) is 9.28. The van der Waals surface area contributed by atoms with Crippen LogP contribution in [0.15, 0.2) is 29.2 Å². The molecule has 178 valence electrons. The first-order valence-electron chi connectivity index (χ1n) is 12.0. The minimum Gasteiger partial charge on any atom is -0.378 e. The summed E-state index contributed by atoms with van der Waals surface area (Å²) in [5, 5.41) is 4.86. The van der Waals surface area contributed by atoms with Crippen LogP contribution >= 0.6 is 0 Å². The molecule has 5 rings (SSSR count). The molecule has 0 unspecified atom stereocenters. The molecule has 3 aliphatic rings. The van der Waals surface area contributed by atoms with Crippen LogP contribution in [0.1, 0.15) is 68.5 Å². The third-order valence-electron chi connectivity index (χ3n) is 7.59. The molecule has 8 heteroatoms. The Morgan fingerprint density at radius 3 is 2.39 bits per heavy atom. The number of carbonyl (C=O) groups excluding carboxylic acids is 1. The molecule has 2 aliphatic heterocycles. The summed E-state index contributed by atoms with van der Waals surface area (Å²) in [6.07, 6.45) is 4.18. The van der Waals surface area contributed by atoms with Crippen molar-refractivity contribution in [2.75, 3.05) is 26.3 Å². The van der Waals surface area contributed by atoms with Gasteiger partial charge in [0.05, 0.1) is 35.6 Å². The van der Waals surface area contributed by atoms with Gasteiger partial charge in [0.15, 0.2) is 15.5 Å². The van der Waals surface area contributed by atoms with Crippen LogP contribution in [0.25, 0.3) is 11.3 Å². The Morgan fingerprint density at radius 1 is 1.06 bits per heavy atom. The number of aromatic nitrogens is 2. The maximum absolute atomic E-state index is 13.5. The molecule has 0 bridgehead atoms. The Morgan fingerprint density at radius 2 is 1.73 bits per heavy atom. The predicted molar refractivity (Wildman–Crippen MR) is 126 cm³/mol. The largest absolute Gasteiger partial charge is 0.378 e. The Hall–Kier alpha value is -2.19. The van der Waals surface area contributed by atoms with Crippen LogP contribution in [0.2, 0.25) is 0 Å². The molecular weight excluding hydrogens is 438 g/mol. The minimum atomic E-state index is -3.54. The van der Waals surface area contributed by atoms with Gasteiger partial charge in [-0.1, -0.05) is 39.0 Å². The molecule has 1 aliphatic carbocycles. The summed E-state index contributed by atoms with van der Waals surface area (Å²) < 4.78 is 33.7. The lowest BCUT2D eigenvalue weighted by atomic mass is 9.71. The minimum absolute atomic E-state index is 0.164. The highest BCUT2D eigenvalue weighted by atomic mass is 32.2. The number of rotatable bonds is 2. The molecule has 1 saturated carbocycles. The SMILES string of the molecule is CC(C)(C)C1CCC(n2nc(C(=O)N3CCOCC3)c3c2-c2ccccc2S(=O)(=O)C3)CC1. The standard InChI is InChI=1S/C25H33N3O4S/c1-25(2,3)17-8-10-18(11-9-17)28-23-19-6-4-5-7-21(19)33(30,31)16-20(23)22(26-28)24(29)27-12-14-32-15-13-27/h4-7,17-18H,8-16H2,1-3H3. The van der Waals surface area contributed by atoms with Crippen molar-refractivity contribution in [3.63, 3.8) is 0 Å². The predicted octanol–water partition coefficient (Wildman–Crippen LogP) is 4.09. The topological polar surface area (TPSA) is 81.5 Å². The molecule has 1 aromatic carbocycles. The molecule has 1 amide bonds. The van der Waals surface area contributed by atoms with E-state index in [1.165, 1.54) is 0 Å². The number of amides is 1. The monoisotopic (exact) mass is 471 g/mol. The van der Waals surface area contributed by atoms with E-state index in [9.17, 15) is 13.2 Å². The second-order valence-electron chi connectivity index (χ2n) is 10.7. The molecule has 0 atom stereocenters. The highest BCUT2D eigenvalue weighted by molar-refractivity contribution is 7.90. The zero-order valence-electron chi connectivity index (χ0n) is 19.7. The molecule has 2 aromatic rings. The van der Waals surface area contributed by atoms with E-state index in [0.29, 0.717) is 53.9 Å². The maximum Gasteiger partial charge on any atom is 0.274 e. The van der Waals surface area contributed by atoms with Crippen LogP contribution in [0, 0.1) is 11.3 Å². The summed E-state index contributed by atoms with van der Waals surface area (Å²) >= 11 is 0. The van der Waals surface area contributed by atoms with Crippen LogP contribution < -0.4 is 0 Å². The number of fused-ring (bicyclic) bond motifs is 3. The van der Waals surface area contributed by atoms with Crippen molar-refractivity contribution in [1.29, 1.82) is 0 Å². The lowest BCUT2D eigenvalue weighted by Crippen LogP contribution is -2.41. The van der Waals surface area contributed by atoms with Gasteiger partial charge in [0, 0.05) is 24.2 Å². The molecule has 2 fully saturated rings. The molecule has 7 nitrogen and oxygen atoms in total. The number of sulfone groups is 1. The smallest absolute Gasteiger partial charge is 0.274 e. The van der Waals surface area contributed by atoms with Gasteiger partial charge >= 0.3 is 0 Å². The van der Waals surface area contributed by atoms with E-state index < -0.39 is 9.84 Å². The summed E-state index contributed by atoms with van der Waals surface area (Å²) in [6.45, 7) is 8.89. The molecule has 3 heterocycles. The first-order chi connectivity index (χ1) is 15.7. The van der Waals surface area contributed by atoms with Crippen LogP contribution in [-0.2, 0) is 20.3 Å². The van der Waals surface area contributed by atoms with Gasteiger partial charge in [-0.3, -0.25) is 9.48 Å². The second kappa shape index (κ2) is 8.24. The molecule has 1 saturated heterocycles. The molecule has 0 N–H and O–H groups in total. The lowest BCUT2D eigenvalue weighted by Gasteiger charge is -2.37. The van der Waals surface area contributed by atoms with Crippen molar-refractivity contribution in [2.45, 2.75) is 63.1 Å². The number of carbonyl (C=O) groups is 1. The van der Waals surface area contributed by atoms with E-state index in [0.717, 1.165) is 31.4 Å². The highest BCUT2D eigenvalue weighted by Crippen LogP contribution is 2.45. The zero-order chi connectivity index (χ0) is 23.4. The van der Waals surface area contributed by atoms with Crippen LogP contribution in [0.3, 0.4) is 0 Å². The van der Waals surface area contributed by atoms with Gasteiger partial charge in [-0.2, -0.15) is 5.10 Å². The molecule has 0 radical (unpaired) electrons. The Labute approximate surface area is 196 Å². The fourth-order valence-corrected chi connectivity index (χ4v) is 7.23. The van der Waals surface area contributed by atoms with Gasteiger partial charge in [-0.25, -0.2) is 8.42 Å². The van der Waals surface area contributed by atoms with E-state index in [2.05, 4.69) is 20.8 Å². The van der Waals surface area contributed by atoms with Crippen molar-refractivity contribution in [2.24, 2.45) is 11.3 Å². The van der Waals surface area contributed by atoms with E-state index in [1.807, 2.05) is 16.8 Å². The number of nitrogens with zero attached hydrogens (tertiary/aromatic N) is 3. The van der Waals surface area contributed by atoms with E-state index in [4.69, 9.17) is 9.84 Å². The zero-order valence-corrected chi connectivity index (χ0v) is 20.5. The fraction of sp³-hybridized carbons (Fsp3) is 0.600. The molecule has 0 spiro atoms. The van der Waals surface area contributed by atoms with Crippen molar-refractivity contribution in [3.05, 3.63) is 35.5 Å². The highest BCUT2D eigenvalue weighted by Gasteiger charge is 2.39. The van der Waals surface area contributed by atoms with Crippen molar-refractivity contribution < 1.29 is 17.9 Å². The number of hydrogen-bond acceptors (Lipinski definition) is 5. The van der Waals surface area contributed by atoms with Gasteiger partial charge in [0.25, 0.3) is 5.91 Å². The molecule has 33 heavy (non-hydrogen) atoms. The Kier molecular flexibility index (Phi) is 5.64. The summed E-state index contributed by atoms with van der Waals surface area (Å²) in [5.74, 6) is 0.288. The van der Waals surface area contributed by atoms with Crippen molar-refractivity contribution in [1.82, 2.24) is 14.7 Å². The number of morpholine rings is 1. The second-order valence-corrected chi connectivity index (χ2v) is 12.6. The number of ether oxygens (including phenoxy) is 1. The Bertz CT molecular complexity index is 1160. The van der Waals surface area contributed by atoms with Gasteiger partial charge in [-0.15, -0.1) is 0 Å². The van der Waals surface area contributed by atoms with Gasteiger partial charge in [0.2, 0.25) is 0 Å². The van der Waals surface area contributed by atoms with Crippen LogP contribution in [-0.4, -0.2) is 55.3 Å². The fourth-order valence-electron chi connectivity index (χ4n) is 5.63. The number of benzene rings is 1. The van der Waals surface area contributed by atoms with Gasteiger partial charge in [-0.05, 0) is 43.1 Å². The average molecular weight is 472 g/mol. The van der Waals surface area contributed by atoms with Gasteiger partial charge in [0.1, 0.15) is 0 Å². The normalized spacial score (nSPS) is 24.8. The quantitative estimate of drug-likeness (QED) is 0.659. The summed E-state index contributed by atoms with van der Waals surface area (Å²) in [6, 6.07) is 7.31. The Balaban J connectivity index is 1.59. The third kappa shape index (κ3) is 4.01.